The number of nitrogens with one attached hydrogen (secondary N) is 1. The van der Waals surface area contributed by atoms with Crippen LogP contribution < -0.4 is 16.0 Å². The summed E-state index contributed by atoms with van der Waals surface area (Å²) in [5.74, 6) is 1.27. The Bertz CT molecular complexity index is 1640. The van der Waals surface area contributed by atoms with Crippen LogP contribution in [0.4, 0.5) is 0 Å². The number of aromatic nitrogens is 2. The molecule has 3 heterocycles. The van der Waals surface area contributed by atoms with Gasteiger partial charge in [-0.3, -0.25) is 14.3 Å². The lowest BCUT2D eigenvalue weighted by atomic mass is 9.77. The number of aryl methyl sites for hydroxylation is 1. The molecule has 2 aliphatic rings. The molecule has 0 bridgehead atoms. The summed E-state index contributed by atoms with van der Waals surface area (Å²) in [6.07, 6.45) is -1.04. The molecule has 1 fully saturated rings. The number of H-pyrrole nitrogens is 1. The van der Waals surface area contributed by atoms with Crippen LogP contribution in [0.5, 0.6) is 11.5 Å². The first-order chi connectivity index (χ1) is 19.4. The van der Waals surface area contributed by atoms with Gasteiger partial charge in [0.2, 0.25) is 0 Å². The summed E-state index contributed by atoms with van der Waals surface area (Å²) >= 11 is 0. The molecule has 0 aliphatic carbocycles. The van der Waals surface area contributed by atoms with E-state index in [2.05, 4.69) is 4.98 Å². The summed E-state index contributed by atoms with van der Waals surface area (Å²) in [4.78, 5) is 36.3. The average Bonchev–Trinajstić information content (AvgIpc) is 3.35. The first kappa shape index (κ1) is 26.3. The fourth-order valence-electron chi connectivity index (χ4n) is 5.43. The van der Waals surface area contributed by atoms with Gasteiger partial charge in [-0.1, -0.05) is 66.7 Å². The zero-order chi connectivity index (χ0) is 27.9. The van der Waals surface area contributed by atoms with Gasteiger partial charge in [-0.2, -0.15) is 0 Å². The number of hydrogen-bond donors (Lipinski definition) is 2. The molecule has 0 radical (unpaired) electrons. The monoisotopic (exact) mass is 561 g/mol. The highest BCUT2D eigenvalue weighted by molar-refractivity contribution is 7.32. The summed E-state index contributed by atoms with van der Waals surface area (Å²) in [7, 11) is -2.96. The van der Waals surface area contributed by atoms with E-state index in [1.165, 1.54) is 10.8 Å². The van der Waals surface area contributed by atoms with Gasteiger partial charge in [-0.25, -0.2) is 4.79 Å². The summed E-state index contributed by atoms with van der Waals surface area (Å²) in [5.41, 5.74) is 0.499. The van der Waals surface area contributed by atoms with Gasteiger partial charge in [0.05, 0.1) is 6.61 Å². The van der Waals surface area contributed by atoms with Gasteiger partial charge < -0.3 is 14.2 Å². The molecule has 2 N–H and O–H groups in total. The molecule has 1 saturated heterocycles. The van der Waals surface area contributed by atoms with Gasteiger partial charge in [0.25, 0.3) is 5.56 Å². The predicted octanol–water partition coefficient (Wildman–Crippen LogP) is 4.28. The van der Waals surface area contributed by atoms with Crippen molar-refractivity contribution < 1.29 is 28.2 Å². The third kappa shape index (κ3) is 4.60. The summed E-state index contributed by atoms with van der Waals surface area (Å²) < 4.78 is 37.6. The van der Waals surface area contributed by atoms with Crippen LogP contribution >= 0.6 is 8.25 Å². The number of hydrogen-bond acceptors (Lipinski definition) is 7. The van der Waals surface area contributed by atoms with E-state index >= 15 is 0 Å². The van der Waals surface area contributed by atoms with Crippen LogP contribution in [-0.2, 0) is 24.2 Å². The standard InChI is InChI=1S/C29H25N2O8P/c1-18-16-31(28(33)30-27(18)32)26-15-24(39-40(34)35)25(38-26)17-36-29(19-9-3-2-4-10-19)20-11-5-7-13-22(20)37-23-14-8-6-12-21(23)29/h2-14,16,24-26H,15,17H2,1H3,(H-,30,32,33,34,35)/p+1/t24-,25+,26+/m0/s1. The van der Waals surface area contributed by atoms with Crippen LogP contribution in [0.1, 0.15) is 34.9 Å². The molecule has 10 nitrogen and oxygen atoms in total. The highest BCUT2D eigenvalue weighted by Gasteiger charge is 2.48. The molecule has 2 aliphatic heterocycles. The third-order valence-electron chi connectivity index (χ3n) is 7.26. The van der Waals surface area contributed by atoms with Gasteiger partial charge >= 0.3 is 13.9 Å². The Morgan fingerprint density at radius 2 is 1.62 bits per heavy atom. The fourth-order valence-corrected chi connectivity index (χ4v) is 5.89. The minimum atomic E-state index is -2.96. The second-order valence-corrected chi connectivity index (χ2v) is 10.4. The fraction of sp³-hybridized carbons (Fsp3) is 0.241. The van der Waals surface area contributed by atoms with Gasteiger partial charge in [0, 0.05) is 33.9 Å². The molecular formula is C29H26N2O8P+. The highest BCUT2D eigenvalue weighted by Crippen LogP contribution is 2.52. The lowest BCUT2D eigenvalue weighted by molar-refractivity contribution is -0.0934. The Kier molecular flexibility index (Phi) is 6.95. The van der Waals surface area contributed by atoms with Crippen molar-refractivity contribution in [3.05, 3.63) is 128 Å². The topological polar surface area (TPSA) is 129 Å². The smallest absolute Gasteiger partial charge is 0.457 e. The summed E-state index contributed by atoms with van der Waals surface area (Å²) in [6, 6.07) is 24.9. The Morgan fingerprint density at radius 1 is 1.00 bits per heavy atom. The highest BCUT2D eigenvalue weighted by atomic mass is 31.1. The zero-order valence-corrected chi connectivity index (χ0v) is 22.3. The summed E-state index contributed by atoms with van der Waals surface area (Å²) in [6.45, 7) is 1.52. The van der Waals surface area contributed by atoms with Crippen molar-refractivity contribution in [3.63, 3.8) is 0 Å². The molecular weight excluding hydrogens is 535 g/mol. The first-order valence-electron chi connectivity index (χ1n) is 12.7. The maximum absolute atomic E-state index is 12.6. The molecule has 4 aromatic rings. The molecule has 3 aromatic carbocycles. The van der Waals surface area contributed by atoms with Gasteiger partial charge in [-0.15, -0.1) is 9.42 Å². The molecule has 1 unspecified atom stereocenters. The van der Waals surface area contributed by atoms with E-state index in [9.17, 15) is 19.0 Å². The molecule has 0 spiro atoms. The van der Waals surface area contributed by atoms with Crippen LogP contribution in [-0.4, -0.2) is 33.3 Å². The van der Waals surface area contributed by atoms with Gasteiger partial charge in [-0.05, 0) is 24.6 Å². The Balaban J connectivity index is 1.41. The van der Waals surface area contributed by atoms with E-state index in [1.807, 2.05) is 78.9 Å². The van der Waals surface area contributed by atoms with Crippen molar-refractivity contribution >= 4 is 8.25 Å². The van der Waals surface area contributed by atoms with Crippen molar-refractivity contribution in [1.82, 2.24) is 9.55 Å². The lowest BCUT2D eigenvalue weighted by Crippen LogP contribution is -2.40. The Labute approximate surface area is 229 Å². The summed E-state index contributed by atoms with van der Waals surface area (Å²) in [5, 5.41) is 0. The Morgan fingerprint density at radius 3 is 2.27 bits per heavy atom. The lowest BCUT2D eigenvalue weighted by Gasteiger charge is -2.41. The number of para-hydroxylation sites is 2. The SMILES string of the molecule is Cc1cn([C@H]2C[C@H](O[P+](=O)O)[C@@H](COC3(c4ccccc4)c4ccccc4Oc4ccccc43)O2)c(=O)[nH]c1=O. The Hall–Kier alpha value is -3.92. The van der Waals surface area contributed by atoms with Crippen molar-refractivity contribution in [2.45, 2.75) is 37.4 Å². The van der Waals surface area contributed by atoms with Crippen LogP contribution in [0.2, 0.25) is 0 Å². The maximum Gasteiger partial charge on any atom is 0.695 e. The van der Waals surface area contributed by atoms with Crippen LogP contribution in [0.3, 0.4) is 0 Å². The quantitative estimate of drug-likeness (QED) is 0.320. The number of benzene rings is 3. The van der Waals surface area contributed by atoms with E-state index in [0.29, 0.717) is 17.1 Å². The van der Waals surface area contributed by atoms with Crippen molar-refractivity contribution in [2.24, 2.45) is 0 Å². The van der Waals surface area contributed by atoms with E-state index in [-0.39, 0.29) is 13.0 Å². The molecule has 1 aromatic heterocycles. The first-order valence-corrected chi connectivity index (χ1v) is 13.9. The van der Waals surface area contributed by atoms with Crippen molar-refractivity contribution in [2.75, 3.05) is 6.61 Å². The third-order valence-corrected chi connectivity index (χ3v) is 7.71. The van der Waals surface area contributed by atoms with E-state index in [1.54, 1.807) is 6.92 Å². The molecule has 4 atom stereocenters. The number of ether oxygens (including phenoxy) is 3. The zero-order valence-electron chi connectivity index (χ0n) is 21.4. The minimum Gasteiger partial charge on any atom is -0.457 e. The number of aromatic amines is 1. The van der Waals surface area contributed by atoms with Gasteiger partial charge in [0.15, 0.2) is 5.60 Å². The molecule has 6 rings (SSSR count). The van der Waals surface area contributed by atoms with Crippen molar-refractivity contribution in [3.8, 4) is 11.5 Å². The molecule has 0 amide bonds. The average molecular weight is 562 g/mol. The molecule has 0 saturated carbocycles. The van der Waals surface area contributed by atoms with Crippen LogP contribution in [0.15, 0.2) is 94.6 Å². The number of rotatable bonds is 7. The predicted molar refractivity (Wildman–Crippen MR) is 145 cm³/mol. The van der Waals surface area contributed by atoms with Crippen molar-refractivity contribution in [1.29, 1.82) is 0 Å². The van der Waals surface area contributed by atoms with Crippen LogP contribution in [0.25, 0.3) is 0 Å². The largest absolute Gasteiger partial charge is 0.695 e. The maximum atomic E-state index is 12.6. The second kappa shape index (κ2) is 10.6. The van der Waals surface area contributed by atoms with E-state index in [0.717, 1.165) is 16.7 Å². The minimum absolute atomic E-state index is 0.0566. The normalized spacial score (nSPS) is 21.2. The van der Waals surface area contributed by atoms with E-state index < -0.39 is 43.5 Å². The van der Waals surface area contributed by atoms with Crippen LogP contribution in [0, 0.1) is 6.92 Å². The number of fused-ring (bicyclic) bond motifs is 2. The second-order valence-electron chi connectivity index (χ2n) is 9.68. The van der Waals surface area contributed by atoms with E-state index in [4.69, 9.17) is 18.7 Å². The molecule has 11 heteroatoms. The molecule has 204 valence electrons. The number of nitrogens with zero attached hydrogens (tertiary/aromatic N) is 1. The molecule has 40 heavy (non-hydrogen) atoms. The van der Waals surface area contributed by atoms with Gasteiger partial charge in [0.1, 0.15) is 29.9 Å².